The molecule has 4 N–H and O–H groups in total. The van der Waals surface area contributed by atoms with Gasteiger partial charge in [0, 0.05) is 6.42 Å². The first-order chi connectivity index (χ1) is 11.5. The van der Waals surface area contributed by atoms with E-state index in [9.17, 15) is 20.4 Å². The van der Waals surface area contributed by atoms with Gasteiger partial charge >= 0.3 is 0 Å². The monoisotopic (exact) mass is 330 g/mol. The summed E-state index contributed by atoms with van der Waals surface area (Å²) in [5.41, 5.74) is 1.86. The summed E-state index contributed by atoms with van der Waals surface area (Å²) in [5, 5.41) is 38.5. The van der Waals surface area contributed by atoms with Crippen molar-refractivity contribution in [1.29, 1.82) is 0 Å². The Bertz CT molecular complexity index is 683. The zero-order chi connectivity index (χ0) is 17.1. The number of aromatic hydroxyl groups is 3. The Hall–Kier alpha value is -2.24. The van der Waals surface area contributed by atoms with Crippen molar-refractivity contribution in [2.45, 2.75) is 44.0 Å². The zero-order valence-corrected chi connectivity index (χ0v) is 13.3. The minimum Gasteiger partial charge on any atom is -0.508 e. The fourth-order valence-corrected chi connectivity index (χ4v) is 3.12. The first-order valence-corrected chi connectivity index (χ1v) is 8.14. The summed E-state index contributed by atoms with van der Waals surface area (Å²) in [6.07, 6.45) is 1.78. The molecule has 0 unspecified atom stereocenters. The molecule has 5 heteroatoms. The third-order valence-corrected chi connectivity index (χ3v) is 4.44. The van der Waals surface area contributed by atoms with Crippen molar-refractivity contribution >= 4 is 0 Å². The average molecular weight is 330 g/mol. The molecular weight excluding hydrogens is 308 g/mol. The molecule has 1 saturated heterocycles. The Labute approximate surface area is 140 Å². The number of phenolic OH excluding ortho intramolecular Hbond substituents is 3. The van der Waals surface area contributed by atoms with E-state index < -0.39 is 6.10 Å². The molecule has 24 heavy (non-hydrogen) atoms. The Morgan fingerprint density at radius 3 is 2.38 bits per heavy atom. The highest BCUT2D eigenvalue weighted by atomic mass is 16.5. The zero-order valence-electron chi connectivity index (χ0n) is 13.3. The summed E-state index contributed by atoms with van der Waals surface area (Å²) in [4.78, 5) is 0. The van der Waals surface area contributed by atoms with E-state index in [2.05, 4.69) is 0 Å². The number of aryl methyl sites for hydroxylation is 1. The third-order valence-electron chi connectivity index (χ3n) is 4.44. The minimum absolute atomic E-state index is 0.0801. The number of hydrogen-bond acceptors (Lipinski definition) is 5. The van der Waals surface area contributed by atoms with Gasteiger partial charge < -0.3 is 25.2 Å². The van der Waals surface area contributed by atoms with Crippen LogP contribution in [-0.2, 0) is 11.2 Å². The molecule has 5 nitrogen and oxygen atoms in total. The van der Waals surface area contributed by atoms with Crippen LogP contribution in [0.1, 0.15) is 36.5 Å². The summed E-state index contributed by atoms with van der Waals surface area (Å²) >= 11 is 0. The van der Waals surface area contributed by atoms with Crippen molar-refractivity contribution in [3.8, 4) is 17.2 Å². The first kappa shape index (κ1) is 16.6. The van der Waals surface area contributed by atoms with Crippen molar-refractivity contribution in [3.63, 3.8) is 0 Å². The van der Waals surface area contributed by atoms with Gasteiger partial charge in [0.2, 0.25) is 0 Å². The van der Waals surface area contributed by atoms with Gasteiger partial charge in [-0.1, -0.05) is 18.2 Å². The minimum atomic E-state index is -0.454. The average Bonchev–Trinajstić information content (AvgIpc) is 2.56. The fraction of sp³-hybridized carbons (Fsp3) is 0.368. The van der Waals surface area contributed by atoms with E-state index in [1.165, 1.54) is 12.1 Å². The molecule has 128 valence electrons. The molecule has 0 saturated carbocycles. The van der Waals surface area contributed by atoms with Crippen LogP contribution >= 0.6 is 0 Å². The van der Waals surface area contributed by atoms with Crippen LogP contribution < -0.4 is 0 Å². The van der Waals surface area contributed by atoms with Crippen LogP contribution in [0, 0.1) is 0 Å². The van der Waals surface area contributed by atoms with E-state index in [1.807, 2.05) is 12.1 Å². The van der Waals surface area contributed by atoms with E-state index in [1.54, 1.807) is 18.2 Å². The van der Waals surface area contributed by atoms with Crippen molar-refractivity contribution in [2.24, 2.45) is 0 Å². The second kappa shape index (κ2) is 7.11. The normalized spacial score (nSPS) is 24.0. The molecule has 2 aromatic rings. The van der Waals surface area contributed by atoms with Crippen LogP contribution in [-0.4, -0.2) is 32.6 Å². The van der Waals surface area contributed by atoms with Gasteiger partial charge in [-0.25, -0.2) is 0 Å². The summed E-state index contributed by atoms with van der Waals surface area (Å²) in [5.74, 6) is -0.105. The first-order valence-electron chi connectivity index (χ1n) is 8.14. The number of benzene rings is 2. The lowest BCUT2D eigenvalue weighted by molar-refractivity contribution is -0.0998. The predicted octanol–water partition coefficient (Wildman–Crippen LogP) is 3.02. The standard InChI is InChI=1S/C19H22O5/c20-14-5-1-12(2-6-14)3-7-16-10-15(21)11-19(24-16)13-4-8-17(22)18(23)9-13/h1-2,4-6,8-9,15-16,19-23H,3,7,10-11H2/t15-,16+,19+/m1/s1. The molecule has 0 radical (unpaired) electrons. The van der Waals surface area contributed by atoms with E-state index in [0.29, 0.717) is 12.8 Å². The number of rotatable bonds is 4. The van der Waals surface area contributed by atoms with Gasteiger partial charge in [-0.15, -0.1) is 0 Å². The van der Waals surface area contributed by atoms with Crippen molar-refractivity contribution < 1.29 is 25.2 Å². The molecule has 1 aliphatic heterocycles. The van der Waals surface area contributed by atoms with E-state index in [4.69, 9.17) is 4.74 Å². The molecule has 0 aromatic heterocycles. The highest BCUT2D eigenvalue weighted by molar-refractivity contribution is 5.41. The number of phenols is 3. The van der Waals surface area contributed by atoms with E-state index in [-0.39, 0.29) is 29.5 Å². The lowest BCUT2D eigenvalue weighted by Gasteiger charge is -2.33. The van der Waals surface area contributed by atoms with Crippen LogP contribution in [0.5, 0.6) is 17.2 Å². The number of aliphatic hydroxyl groups excluding tert-OH is 1. The van der Waals surface area contributed by atoms with Crippen LogP contribution in [0.15, 0.2) is 42.5 Å². The Kier molecular flexibility index (Phi) is 4.92. The smallest absolute Gasteiger partial charge is 0.157 e. The lowest BCUT2D eigenvalue weighted by Crippen LogP contribution is -2.31. The summed E-state index contributed by atoms with van der Waals surface area (Å²) in [6, 6.07) is 11.7. The van der Waals surface area contributed by atoms with Crippen LogP contribution in [0.3, 0.4) is 0 Å². The number of hydrogen-bond donors (Lipinski definition) is 4. The fourth-order valence-electron chi connectivity index (χ4n) is 3.12. The molecule has 3 atom stereocenters. The van der Waals surface area contributed by atoms with Gasteiger partial charge in [0.1, 0.15) is 5.75 Å². The highest BCUT2D eigenvalue weighted by Crippen LogP contribution is 2.36. The van der Waals surface area contributed by atoms with Gasteiger partial charge in [-0.3, -0.25) is 0 Å². The Balaban J connectivity index is 1.64. The van der Waals surface area contributed by atoms with E-state index >= 15 is 0 Å². The molecule has 0 bridgehead atoms. The predicted molar refractivity (Wildman–Crippen MR) is 89.1 cm³/mol. The van der Waals surface area contributed by atoms with Crippen molar-refractivity contribution in [2.75, 3.05) is 0 Å². The molecule has 0 aliphatic carbocycles. The van der Waals surface area contributed by atoms with Crippen LogP contribution in [0.2, 0.25) is 0 Å². The van der Waals surface area contributed by atoms with Gasteiger partial charge in [-0.05, 0) is 54.7 Å². The molecule has 1 fully saturated rings. The molecule has 0 spiro atoms. The molecule has 1 aliphatic rings. The van der Waals surface area contributed by atoms with Gasteiger partial charge in [-0.2, -0.15) is 0 Å². The van der Waals surface area contributed by atoms with E-state index in [0.717, 1.165) is 24.0 Å². The maximum Gasteiger partial charge on any atom is 0.157 e. The van der Waals surface area contributed by atoms with Gasteiger partial charge in [0.15, 0.2) is 11.5 Å². The molecule has 3 rings (SSSR count). The third kappa shape index (κ3) is 3.99. The summed E-state index contributed by atoms with van der Waals surface area (Å²) in [7, 11) is 0. The van der Waals surface area contributed by atoms with Gasteiger partial charge in [0.05, 0.1) is 18.3 Å². The topological polar surface area (TPSA) is 90.2 Å². The second-order valence-corrected chi connectivity index (χ2v) is 6.33. The van der Waals surface area contributed by atoms with Crippen molar-refractivity contribution in [3.05, 3.63) is 53.6 Å². The Morgan fingerprint density at radius 1 is 0.917 bits per heavy atom. The highest BCUT2D eigenvalue weighted by Gasteiger charge is 2.29. The maximum atomic E-state index is 10.1. The molecule has 0 amide bonds. The Morgan fingerprint density at radius 2 is 1.67 bits per heavy atom. The molecule has 1 heterocycles. The quantitative estimate of drug-likeness (QED) is 0.647. The van der Waals surface area contributed by atoms with Crippen LogP contribution in [0.25, 0.3) is 0 Å². The lowest BCUT2D eigenvalue weighted by atomic mass is 9.93. The largest absolute Gasteiger partial charge is 0.508 e. The number of ether oxygens (including phenoxy) is 1. The molecule has 2 aromatic carbocycles. The summed E-state index contributed by atoms with van der Waals surface area (Å²) < 4.78 is 6.08. The SMILES string of the molecule is Oc1ccc(CC[C@H]2C[C@@H](O)C[C@@H](c3ccc(O)c(O)c3)O2)cc1. The van der Waals surface area contributed by atoms with Crippen molar-refractivity contribution in [1.82, 2.24) is 0 Å². The molecular formula is C19H22O5. The van der Waals surface area contributed by atoms with Gasteiger partial charge in [0.25, 0.3) is 0 Å². The number of aliphatic hydroxyl groups is 1. The van der Waals surface area contributed by atoms with Crippen LogP contribution in [0.4, 0.5) is 0 Å². The maximum absolute atomic E-state index is 10.1. The summed E-state index contributed by atoms with van der Waals surface area (Å²) in [6.45, 7) is 0. The second-order valence-electron chi connectivity index (χ2n) is 6.33.